The third-order valence-electron chi connectivity index (χ3n) is 6.76. The molecule has 0 radical (unpaired) electrons. The highest BCUT2D eigenvalue weighted by molar-refractivity contribution is 5.79. The highest BCUT2D eigenvalue weighted by atomic mass is 16.5. The van der Waals surface area contributed by atoms with Gasteiger partial charge in [0.05, 0.1) is 13.2 Å². The molecule has 7 heteroatoms. The van der Waals surface area contributed by atoms with Crippen LogP contribution in [0.1, 0.15) is 47.9 Å². The molecule has 2 aliphatic rings. The van der Waals surface area contributed by atoms with Crippen LogP contribution in [0.3, 0.4) is 0 Å². The first-order valence-electron chi connectivity index (χ1n) is 12.7. The lowest BCUT2D eigenvalue weighted by molar-refractivity contribution is -0.137. The van der Waals surface area contributed by atoms with Crippen molar-refractivity contribution in [3.8, 4) is 34.1 Å². The molecule has 0 aromatic heterocycles. The van der Waals surface area contributed by atoms with Crippen LogP contribution < -0.4 is 18.9 Å². The highest BCUT2D eigenvalue weighted by Crippen LogP contribution is 2.42. The molecule has 3 aromatic carbocycles. The van der Waals surface area contributed by atoms with E-state index in [2.05, 4.69) is 25.1 Å². The Morgan fingerprint density at radius 2 is 1.89 bits per heavy atom. The van der Waals surface area contributed by atoms with Gasteiger partial charge in [-0.1, -0.05) is 12.1 Å². The van der Waals surface area contributed by atoms with Crippen LogP contribution in [0.15, 0.2) is 48.5 Å². The van der Waals surface area contributed by atoms with E-state index in [0.29, 0.717) is 46.1 Å². The van der Waals surface area contributed by atoms with Crippen molar-refractivity contribution in [2.24, 2.45) is 0 Å². The minimum absolute atomic E-state index is 0.111. The van der Waals surface area contributed by atoms with E-state index < -0.39 is 5.97 Å². The minimum atomic E-state index is -0.784. The third kappa shape index (κ3) is 5.67. The van der Waals surface area contributed by atoms with E-state index >= 15 is 0 Å². The maximum absolute atomic E-state index is 10.9. The maximum atomic E-state index is 10.9. The Morgan fingerprint density at radius 1 is 1.00 bits per heavy atom. The molecular weight excluding hydrogens is 472 g/mol. The van der Waals surface area contributed by atoms with Crippen LogP contribution >= 0.6 is 0 Å². The largest absolute Gasteiger partial charge is 0.493 e. The number of fused-ring (bicyclic) bond motifs is 4. The fourth-order valence-corrected chi connectivity index (χ4v) is 4.96. The summed E-state index contributed by atoms with van der Waals surface area (Å²) in [4.78, 5) is 10.9. The van der Waals surface area contributed by atoms with E-state index in [0.717, 1.165) is 50.8 Å². The van der Waals surface area contributed by atoms with Crippen LogP contribution in [0.2, 0.25) is 0 Å². The predicted molar refractivity (Wildman–Crippen MR) is 139 cm³/mol. The Morgan fingerprint density at radius 3 is 2.73 bits per heavy atom. The average molecular weight is 505 g/mol. The molecule has 0 bridgehead atoms. The minimum Gasteiger partial charge on any atom is -0.493 e. The van der Waals surface area contributed by atoms with Crippen molar-refractivity contribution in [2.75, 3.05) is 26.4 Å². The SMILES string of the molecule is CCOCCOc1cc(C)c2c(c1)COc1ccc(COc3ccc4c(c3)OC[C@H]4CCC(=O)O)cc1-2. The number of carboxylic acid groups (broad SMARTS) is 1. The normalized spacial score (nSPS) is 15.1. The van der Waals surface area contributed by atoms with Gasteiger partial charge in [0.15, 0.2) is 0 Å². The fraction of sp³-hybridized carbons (Fsp3) is 0.367. The molecule has 0 unspecified atom stereocenters. The molecule has 1 N–H and O–H groups in total. The lowest BCUT2D eigenvalue weighted by Crippen LogP contribution is -2.10. The zero-order chi connectivity index (χ0) is 25.8. The first-order chi connectivity index (χ1) is 18.0. The van der Waals surface area contributed by atoms with E-state index in [9.17, 15) is 4.79 Å². The van der Waals surface area contributed by atoms with Crippen molar-refractivity contribution in [1.29, 1.82) is 0 Å². The summed E-state index contributed by atoms with van der Waals surface area (Å²) in [5.41, 5.74) is 6.56. The van der Waals surface area contributed by atoms with Crippen molar-refractivity contribution in [3.63, 3.8) is 0 Å². The van der Waals surface area contributed by atoms with Gasteiger partial charge in [-0.15, -0.1) is 0 Å². The van der Waals surface area contributed by atoms with Crippen molar-refractivity contribution in [1.82, 2.24) is 0 Å². The molecule has 0 spiro atoms. The molecule has 2 heterocycles. The molecule has 0 fully saturated rings. The average Bonchev–Trinajstić information content (AvgIpc) is 3.30. The first-order valence-corrected chi connectivity index (χ1v) is 12.7. The summed E-state index contributed by atoms with van der Waals surface area (Å²) in [7, 11) is 0. The third-order valence-corrected chi connectivity index (χ3v) is 6.76. The van der Waals surface area contributed by atoms with Gasteiger partial charge in [-0.3, -0.25) is 4.79 Å². The number of ether oxygens (including phenoxy) is 5. The summed E-state index contributed by atoms with van der Waals surface area (Å²) >= 11 is 0. The van der Waals surface area contributed by atoms with Gasteiger partial charge >= 0.3 is 5.97 Å². The molecule has 0 aliphatic carbocycles. The number of benzene rings is 3. The van der Waals surface area contributed by atoms with E-state index in [1.54, 1.807) is 0 Å². The van der Waals surface area contributed by atoms with Gasteiger partial charge in [-0.2, -0.15) is 0 Å². The van der Waals surface area contributed by atoms with E-state index in [4.69, 9.17) is 28.8 Å². The number of aryl methyl sites for hydroxylation is 1. The molecule has 37 heavy (non-hydrogen) atoms. The Labute approximate surface area is 216 Å². The molecular formula is C30H32O7. The van der Waals surface area contributed by atoms with Gasteiger partial charge in [-0.05, 0) is 67.3 Å². The molecule has 3 aromatic rings. The number of hydrogen-bond donors (Lipinski definition) is 1. The Kier molecular flexibility index (Phi) is 7.51. The van der Waals surface area contributed by atoms with Gasteiger partial charge in [-0.25, -0.2) is 0 Å². The lowest BCUT2D eigenvalue weighted by Gasteiger charge is -2.24. The summed E-state index contributed by atoms with van der Waals surface area (Å²) in [5, 5.41) is 8.97. The quantitative estimate of drug-likeness (QED) is 0.326. The predicted octanol–water partition coefficient (Wildman–Crippen LogP) is 5.89. The summed E-state index contributed by atoms with van der Waals surface area (Å²) in [6.07, 6.45) is 0.708. The van der Waals surface area contributed by atoms with Crippen LogP contribution in [0.5, 0.6) is 23.0 Å². The fourth-order valence-electron chi connectivity index (χ4n) is 4.96. The van der Waals surface area contributed by atoms with Crippen molar-refractivity contribution < 1.29 is 33.6 Å². The molecule has 7 nitrogen and oxygen atoms in total. The molecule has 5 rings (SSSR count). The van der Waals surface area contributed by atoms with Gasteiger partial charge in [0.1, 0.15) is 42.8 Å². The molecule has 0 saturated heterocycles. The van der Waals surface area contributed by atoms with Gasteiger partial charge in [0, 0.05) is 41.7 Å². The van der Waals surface area contributed by atoms with Crippen molar-refractivity contribution in [3.05, 3.63) is 70.8 Å². The molecule has 1 atom stereocenters. The number of carboxylic acids is 1. The number of hydrogen-bond acceptors (Lipinski definition) is 6. The van der Waals surface area contributed by atoms with Gasteiger partial charge in [0.2, 0.25) is 0 Å². The first kappa shape index (κ1) is 25.0. The van der Waals surface area contributed by atoms with Crippen LogP contribution in [0.25, 0.3) is 11.1 Å². The molecule has 0 amide bonds. The zero-order valence-corrected chi connectivity index (χ0v) is 21.2. The molecule has 194 valence electrons. The van der Waals surface area contributed by atoms with Crippen LogP contribution in [-0.2, 0) is 22.7 Å². The van der Waals surface area contributed by atoms with E-state index in [1.165, 1.54) is 5.56 Å². The standard InChI is InChI=1S/C30H32O7/c1-3-33-10-11-34-24-12-19(2)30-22(14-24)18-36-27-8-4-20(13-26(27)30)16-35-23-6-7-25-21(5-9-29(31)32)17-37-28(25)15-23/h4,6-8,12-15,21H,3,5,9-11,16-18H2,1-2H3,(H,31,32)/t21-/m1/s1. The topological polar surface area (TPSA) is 83.5 Å². The lowest BCUT2D eigenvalue weighted by atomic mass is 9.91. The van der Waals surface area contributed by atoms with Crippen molar-refractivity contribution >= 4 is 5.97 Å². The van der Waals surface area contributed by atoms with Gasteiger partial charge in [0.25, 0.3) is 0 Å². The second-order valence-corrected chi connectivity index (χ2v) is 9.37. The van der Waals surface area contributed by atoms with Crippen LogP contribution in [0.4, 0.5) is 0 Å². The Balaban J connectivity index is 1.28. The molecule has 2 aliphatic heterocycles. The second kappa shape index (κ2) is 11.1. The number of aliphatic carboxylic acids is 1. The monoisotopic (exact) mass is 504 g/mol. The Hall–Kier alpha value is -3.71. The number of rotatable bonds is 11. The molecule has 0 saturated carbocycles. The second-order valence-electron chi connectivity index (χ2n) is 9.37. The van der Waals surface area contributed by atoms with Crippen LogP contribution in [0, 0.1) is 6.92 Å². The van der Waals surface area contributed by atoms with E-state index in [-0.39, 0.29) is 12.3 Å². The summed E-state index contributed by atoms with van der Waals surface area (Å²) in [6.45, 7) is 7.25. The number of carbonyl (C=O) groups is 1. The maximum Gasteiger partial charge on any atom is 0.303 e. The highest BCUT2D eigenvalue weighted by Gasteiger charge is 2.25. The summed E-state index contributed by atoms with van der Waals surface area (Å²) < 4.78 is 29.2. The van der Waals surface area contributed by atoms with Crippen LogP contribution in [-0.4, -0.2) is 37.5 Å². The zero-order valence-electron chi connectivity index (χ0n) is 21.2. The van der Waals surface area contributed by atoms with E-state index in [1.807, 2.05) is 37.3 Å². The van der Waals surface area contributed by atoms with Crippen molar-refractivity contribution in [2.45, 2.75) is 45.8 Å². The smallest absolute Gasteiger partial charge is 0.303 e. The summed E-state index contributed by atoms with van der Waals surface area (Å²) in [5.74, 6) is 2.51. The Bertz CT molecular complexity index is 1280. The van der Waals surface area contributed by atoms with Gasteiger partial charge < -0.3 is 28.8 Å². The summed E-state index contributed by atoms with van der Waals surface area (Å²) in [6, 6.07) is 16.1.